The van der Waals surface area contributed by atoms with E-state index in [1.54, 1.807) is 13.0 Å². The molecular formula is C17H30IN3O3. The number of unbranched alkanes of at least 4 members (excludes halogenated alkanes) is 3. The van der Waals surface area contributed by atoms with Gasteiger partial charge >= 0.3 is 5.97 Å². The van der Waals surface area contributed by atoms with E-state index in [2.05, 4.69) is 22.5 Å². The topological polar surface area (TPSA) is 75.9 Å². The Morgan fingerprint density at radius 1 is 1.25 bits per heavy atom. The summed E-state index contributed by atoms with van der Waals surface area (Å²) in [7, 11) is 1.36. The lowest BCUT2D eigenvalue weighted by molar-refractivity contribution is 0.0599. The molecule has 0 saturated carbocycles. The van der Waals surface area contributed by atoms with Crippen LogP contribution in [-0.4, -0.2) is 32.1 Å². The van der Waals surface area contributed by atoms with Crippen LogP contribution in [0, 0.1) is 6.92 Å². The molecule has 24 heavy (non-hydrogen) atoms. The number of guanidine groups is 1. The van der Waals surface area contributed by atoms with Crippen LogP contribution in [0.4, 0.5) is 0 Å². The van der Waals surface area contributed by atoms with Gasteiger partial charge in [0.25, 0.3) is 0 Å². The van der Waals surface area contributed by atoms with Crippen LogP contribution in [0.2, 0.25) is 0 Å². The number of furan rings is 1. The minimum atomic E-state index is -0.387. The zero-order valence-corrected chi connectivity index (χ0v) is 17.4. The lowest BCUT2D eigenvalue weighted by Crippen LogP contribution is -2.37. The molecule has 0 radical (unpaired) electrons. The maximum atomic E-state index is 11.6. The smallest absolute Gasteiger partial charge is 0.341 e. The minimum absolute atomic E-state index is 0. The van der Waals surface area contributed by atoms with Gasteiger partial charge in [-0.25, -0.2) is 9.79 Å². The quantitative estimate of drug-likeness (QED) is 0.197. The van der Waals surface area contributed by atoms with E-state index in [9.17, 15) is 4.79 Å². The monoisotopic (exact) mass is 451 g/mol. The van der Waals surface area contributed by atoms with Gasteiger partial charge < -0.3 is 19.8 Å². The first-order valence-electron chi connectivity index (χ1n) is 8.32. The van der Waals surface area contributed by atoms with Gasteiger partial charge in [0.15, 0.2) is 5.96 Å². The number of nitrogens with zero attached hydrogens (tertiary/aromatic N) is 1. The molecule has 0 fully saturated rings. The van der Waals surface area contributed by atoms with Crippen LogP contribution in [0.1, 0.15) is 61.4 Å². The Bertz CT molecular complexity index is 515. The number of hydrogen-bond acceptors (Lipinski definition) is 4. The van der Waals surface area contributed by atoms with Crippen LogP contribution in [0.5, 0.6) is 0 Å². The number of ether oxygens (including phenoxy) is 1. The summed E-state index contributed by atoms with van der Waals surface area (Å²) < 4.78 is 10.3. The van der Waals surface area contributed by atoms with Gasteiger partial charge in [-0.2, -0.15) is 0 Å². The largest absolute Gasteiger partial charge is 0.465 e. The first kappa shape index (κ1) is 22.8. The third-order valence-electron chi connectivity index (χ3n) is 3.43. The Hall–Kier alpha value is -1.25. The van der Waals surface area contributed by atoms with Crippen molar-refractivity contribution in [3.63, 3.8) is 0 Å². The van der Waals surface area contributed by atoms with E-state index in [0.29, 0.717) is 23.6 Å². The standard InChI is InChI=1S/C17H29N3O3.HI/c1-5-7-8-9-10-19-17(18-6-2)20-12-14-11-15(13(3)23-14)16(21)22-4;/h11H,5-10,12H2,1-4H3,(H2,18,19,20);1H. The van der Waals surface area contributed by atoms with E-state index < -0.39 is 0 Å². The molecule has 0 atom stereocenters. The predicted molar refractivity (Wildman–Crippen MR) is 107 cm³/mol. The van der Waals surface area contributed by atoms with Crippen molar-refractivity contribution in [1.82, 2.24) is 10.6 Å². The number of hydrogen-bond donors (Lipinski definition) is 2. The highest BCUT2D eigenvalue weighted by Crippen LogP contribution is 2.16. The highest BCUT2D eigenvalue weighted by molar-refractivity contribution is 14.0. The number of halogens is 1. The lowest BCUT2D eigenvalue weighted by Gasteiger charge is -2.10. The van der Waals surface area contributed by atoms with Gasteiger partial charge in [0.05, 0.1) is 7.11 Å². The average Bonchev–Trinajstić information content (AvgIpc) is 2.92. The third kappa shape index (κ3) is 8.03. The molecule has 0 spiro atoms. The number of methoxy groups -OCH3 is 1. The highest BCUT2D eigenvalue weighted by Gasteiger charge is 2.15. The van der Waals surface area contributed by atoms with Gasteiger partial charge in [-0.05, 0) is 26.3 Å². The highest BCUT2D eigenvalue weighted by atomic mass is 127. The second-order valence-electron chi connectivity index (χ2n) is 5.36. The molecule has 0 bridgehead atoms. The molecule has 7 heteroatoms. The fourth-order valence-corrected chi connectivity index (χ4v) is 2.19. The van der Waals surface area contributed by atoms with Gasteiger partial charge in [0.2, 0.25) is 0 Å². The zero-order chi connectivity index (χ0) is 17.1. The molecule has 2 N–H and O–H groups in total. The Morgan fingerprint density at radius 2 is 2.00 bits per heavy atom. The van der Waals surface area contributed by atoms with Crippen LogP contribution < -0.4 is 10.6 Å². The van der Waals surface area contributed by atoms with Crippen molar-refractivity contribution >= 4 is 35.9 Å². The Labute approximate surface area is 161 Å². The summed E-state index contributed by atoms with van der Waals surface area (Å²) in [5, 5.41) is 6.52. The minimum Gasteiger partial charge on any atom is -0.465 e. The third-order valence-corrected chi connectivity index (χ3v) is 3.43. The van der Waals surface area contributed by atoms with Gasteiger partial charge in [-0.15, -0.1) is 24.0 Å². The van der Waals surface area contributed by atoms with Crippen molar-refractivity contribution in [1.29, 1.82) is 0 Å². The fourth-order valence-electron chi connectivity index (χ4n) is 2.19. The van der Waals surface area contributed by atoms with E-state index in [1.807, 2.05) is 6.92 Å². The van der Waals surface area contributed by atoms with Crippen molar-refractivity contribution < 1.29 is 13.9 Å². The number of nitrogens with one attached hydrogen (secondary N) is 2. The van der Waals surface area contributed by atoms with Crippen LogP contribution in [0.15, 0.2) is 15.5 Å². The first-order chi connectivity index (χ1) is 11.1. The summed E-state index contributed by atoms with van der Waals surface area (Å²) in [5.41, 5.74) is 0.454. The van der Waals surface area contributed by atoms with Crippen molar-refractivity contribution in [3.8, 4) is 0 Å². The predicted octanol–water partition coefficient (Wildman–Crippen LogP) is 3.63. The van der Waals surface area contributed by atoms with Crippen molar-refractivity contribution in [2.45, 2.75) is 53.0 Å². The van der Waals surface area contributed by atoms with Gasteiger partial charge in [0.1, 0.15) is 23.6 Å². The van der Waals surface area contributed by atoms with Gasteiger partial charge in [0, 0.05) is 13.1 Å². The molecule has 0 aliphatic heterocycles. The molecule has 0 aliphatic carbocycles. The normalized spacial score (nSPS) is 10.9. The van der Waals surface area contributed by atoms with E-state index >= 15 is 0 Å². The summed E-state index contributed by atoms with van der Waals surface area (Å²) in [5.74, 6) is 1.57. The maximum absolute atomic E-state index is 11.6. The molecule has 0 aliphatic rings. The van der Waals surface area contributed by atoms with Crippen LogP contribution in [0.3, 0.4) is 0 Å². The summed E-state index contributed by atoms with van der Waals surface area (Å²) >= 11 is 0. The fraction of sp³-hybridized carbons (Fsp3) is 0.647. The first-order valence-corrected chi connectivity index (χ1v) is 8.32. The molecular weight excluding hydrogens is 421 g/mol. The second-order valence-corrected chi connectivity index (χ2v) is 5.36. The zero-order valence-electron chi connectivity index (χ0n) is 15.1. The number of aliphatic imine (C=N–C) groups is 1. The summed E-state index contributed by atoms with van der Waals surface area (Å²) in [4.78, 5) is 16.1. The molecule has 0 saturated heterocycles. The van der Waals surface area contributed by atoms with E-state index in [1.165, 1.54) is 26.4 Å². The summed E-state index contributed by atoms with van der Waals surface area (Å²) in [6.07, 6.45) is 4.85. The van der Waals surface area contributed by atoms with Crippen LogP contribution in [0.25, 0.3) is 0 Å². The number of carbonyl (C=O) groups is 1. The molecule has 6 nitrogen and oxygen atoms in total. The summed E-state index contributed by atoms with van der Waals surface area (Å²) in [6.45, 7) is 8.05. The number of rotatable bonds is 9. The average molecular weight is 451 g/mol. The number of aryl methyl sites for hydroxylation is 1. The van der Waals surface area contributed by atoms with Crippen LogP contribution >= 0.6 is 24.0 Å². The molecule has 0 unspecified atom stereocenters. The number of esters is 1. The van der Waals surface area contributed by atoms with Crippen molar-refractivity contribution in [2.24, 2.45) is 4.99 Å². The molecule has 0 aromatic carbocycles. The Balaban J connectivity index is 0.00000529. The molecule has 1 rings (SSSR count). The van der Waals surface area contributed by atoms with Crippen molar-refractivity contribution in [3.05, 3.63) is 23.2 Å². The molecule has 1 aromatic rings. The molecule has 1 heterocycles. The molecule has 0 amide bonds. The Kier molecular flexibility index (Phi) is 12.4. The molecule has 138 valence electrons. The molecule has 1 aromatic heterocycles. The lowest BCUT2D eigenvalue weighted by atomic mass is 10.2. The van der Waals surface area contributed by atoms with E-state index in [4.69, 9.17) is 9.15 Å². The van der Waals surface area contributed by atoms with Gasteiger partial charge in [-0.1, -0.05) is 26.2 Å². The van der Waals surface area contributed by atoms with E-state index in [0.717, 1.165) is 25.5 Å². The van der Waals surface area contributed by atoms with Gasteiger partial charge in [-0.3, -0.25) is 0 Å². The Morgan fingerprint density at radius 3 is 2.62 bits per heavy atom. The summed E-state index contributed by atoms with van der Waals surface area (Å²) in [6, 6.07) is 1.69. The van der Waals surface area contributed by atoms with Crippen molar-refractivity contribution in [2.75, 3.05) is 20.2 Å². The number of carbonyl (C=O) groups excluding carboxylic acids is 1. The maximum Gasteiger partial charge on any atom is 0.341 e. The van der Waals surface area contributed by atoms with E-state index in [-0.39, 0.29) is 29.9 Å². The van der Waals surface area contributed by atoms with Crippen LogP contribution in [-0.2, 0) is 11.3 Å². The second kappa shape index (κ2) is 13.1. The SMILES string of the molecule is CCCCCCNC(=NCc1cc(C(=O)OC)c(C)o1)NCC.I.